The molecular weight excluding hydrogens is 386 g/mol. The molecule has 3 saturated heterocycles. The van der Waals surface area contributed by atoms with Crippen molar-refractivity contribution in [2.45, 2.75) is 96.1 Å². The van der Waals surface area contributed by atoms with Crippen molar-refractivity contribution in [3.8, 4) is 0 Å². The number of amides is 3. The Balaban J connectivity index is 2.07. The predicted octanol–water partition coefficient (Wildman–Crippen LogP) is 0.963. The van der Waals surface area contributed by atoms with Crippen LogP contribution in [-0.2, 0) is 19.1 Å². The first-order chi connectivity index (χ1) is 14.0. The maximum absolute atomic E-state index is 13.7. The van der Waals surface area contributed by atoms with Crippen LogP contribution in [0.5, 0.6) is 0 Å². The Morgan fingerprint density at radius 3 is 2.47 bits per heavy atom. The fourth-order valence-corrected chi connectivity index (χ4v) is 5.67. The second-order valence-electron chi connectivity index (χ2n) is 10.2. The highest BCUT2D eigenvalue weighted by atomic mass is 16.5. The molecule has 3 aliphatic rings. The van der Waals surface area contributed by atoms with Crippen LogP contribution in [0.1, 0.15) is 67.2 Å². The van der Waals surface area contributed by atoms with Gasteiger partial charge in [0.2, 0.25) is 17.7 Å². The summed E-state index contributed by atoms with van der Waals surface area (Å²) >= 11 is 0. The number of hydrogen-bond acceptors (Lipinski definition) is 5. The molecule has 1 spiro atoms. The van der Waals surface area contributed by atoms with E-state index in [-0.39, 0.29) is 24.3 Å². The van der Waals surface area contributed by atoms with Crippen LogP contribution in [0.15, 0.2) is 0 Å². The third-order valence-electron chi connectivity index (χ3n) is 6.87. The zero-order valence-electron chi connectivity index (χ0n) is 19.1. The van der Waals surface area contributed by atoms with Gasteiger partial charge in [0.05, 0.1) is 30.1 Å². The van der Waals surface area contributed by atoms with Gasteiger partial charge in [-0.15, -0.1) is 0 Å². The van der Waals surface area contributed by atoms with Gasteiger partial charge in [0.25, 0.3) is 0 Å². The number of nitrogens with one attached hydrogen (secondary N) is 2. The molecule has 0 radical (unpaired) electrons. The molecule has 170 valence electrons. The van der Waals surface area contributed by atoms with Crippen molar-refractivity contribution in [2.75, 3.05) is 13.2 Å². The summed E-state index contributed by atoms with van der Waals surface area (Å²) in [4.78, 5) is 41.8. The summed E-state index contributed by atoms with van der Waals surface area (Å²) in [7, 11) is 0. The van der Waals surface area contributed by atoms with Crippen molar-refractivity contribution < 1.29 is 24.2 Å². The van der Waals surface area contributed by atoms with Gasteiger partial charge in [-0.3, -0.25) is 14.4 Å². The van der Waals surface area contributed by atoms with Gasteiger partial charge in [-0.25, -0.2) is 0 Å². The third-order valence-corrected chi connectivity index (χ3v) is 6.87. The predicted molar refractivity (Wildman–Crippen MR) is 111 cm³/mol. The Kier molecular flexibility index (Phi) is 5.97. The average Bonchev–Trinajstić information content (AvgIpc) is 3.21. The Morgan fingerprint density at radius 1 is 1.27 bits per heavy atom. The molecule has 0 aliphatic carbocycles. The van der Waals surface area contributed by atoms with E-state index in [1.807, 2.05) is 41.5 Å². The van der Waals surface area contributed by atoms with Crippen molar-refractivity contribution in [2.24, 2.45) is 11.8 Å². The van der Waals surface area contributed by atoms with Crippen molar-refractivity contribution in [1.82, 2.24) is 15.5 Å². The Labute approximate surface area is 179 Å². The maximum atomic E-state index is 13.7. The van der Waals surface area contributed by atoms with E-state index in [4.69, 9.17) is 4.74 Å². The highest BCUT2D eigenvalue weighted by Crippen LogP contribution is 2.63. The number of aliphatic hydroxyl groups excluding tert-OH is 1. The van der Waals surface area contributed by atoms with Gasteiger partial charge in [-0.2, -0.15) is 0 Å². The van der Waals surface area contributed by atoms with Gasteiger partial charge in [-0.05, 0) is 53.4 Å². The van der Waals surface area contributed by atoms with Crippen LogP contribution < -0.4 is 10.6 Å². The topological polar surface area (TPSA) is 108 Å². The summed E-state index contributed by atoms with van der Waals surface area (Å²) in [6.07, 6.45) is 2.46. The number of likely N-dealkylation sites (tertiary alicyclic amines) is 1. The molecule has 0 saturated carbocycles. The van der Waals surface area contributed by atoms with Crippen LogP contribution in [0.25, 0.3) is 0 Å². The maximum Gasteiger partial charge on any atom is 0.246 e. The van der Waals surface area contributed by atoms with Crippen molar-refractivity contribution in [1.29, 1.82) is 0 Å². The molecule has 3 amide bonds. The van der Waals surface area contributed by atoms with Gasteiger partial charge >= 0.3 is 0 Å². The average molecular weight is 424 g/mol. The normalized spacial score (nSPS) is 36.0. The van der Waals surface area contributed by atoms with E-state index in [1.54, 1.807) is 0 Å². The number of hydrogen-bond donors (Lipinski definition) is 3. The Bertz CT molecular complexity index is 716. The molecule has 3 rings (SSSR count). The number of ether oxygens (including phenoxy) is 1. The zero-order chi connectivity index (χ0) is 22.5. The van der Waals surface area contributed by atoms with Crippen LogP contribution in [0.3, 0.4) is 0 Å². The Morgan fingerprint density at radius 2 is 1.93 bits per heavy atom. The molecule has 0 aromatic carbocycles. The van der Waals surface area contributed by atoms with Crippen molar-refractivity contribution in [3.05, 3.63) is 0 Å². The van der Waals surface area contributed by atoms with E-state index in [0.29, 0.717) is 25.8 Å². The quantitative estimate of drug-likeness (QED) is 0.565. The number of rotatable bonds is 7. The summed E-state index contributed by atoms with van der Waals surface area (Å²) in [6, 6.07) is -1.36. The van der Waals surface area contributed by atoms with Gasteiger partial charge in [0.15, 0.2) is 0 Å². The van der Waals surface area contributed by atoms with Crippen LogP contribution in [0.4, 0.5) is 0 Å². The monoisotopic (exact) mass is 423 g/mol. The molecule has 3 heterocycles. The summed E-state index contributed by atoms with van der Waals surface area (Å²) in [6.45, 7) is 11.7. The van der Waals surface area contributed by atoms with E-state index < -0.39 is 40.7 Å². The molecule has 30 heavy (non-hydrogen) atoms. The molecule has 2 unspecified atom stereocenters. The van der Waals surface area contributed by atoms with E-state index in [9.17, 15) is 19.5 Å². The lowest BCUT2D eigenvalue weighted by atomic mass is 9.66. The summed E-state index contributed by atoms with van der Waals surface area (Å²) in [5, 5.41) is 15.9. The third kappa shape index (κ3) is 3.42. The second kappa shape index (κ2) is 7.79. The lowest BCUT2D eigenvalue weighted by Crippen LogP contribution is -2.60. The fourth-order valence-electron chi connectivity index (χ4n) is 5.67. The molecule has 3 fully saturated rings. The number of nitrogens with zero attached hydrogens (tertiary/aromatic N) is 1. The molecule has 3 N–H and O–H groups in total. The Hall–Kier alpha value is -1.67. The van der Waals surface area contributed by atoms with Gasteiger partial charge in [0, 0.05) is 12.1 Å². The molecule has 0 aromatic heterocycles. The minimum Gasteiger partial charge on any atom is -0.394 e. The second-order valence-corrected chi connectivity index (χ2v) is 10.2. The van der Waals surface area contributed by atoms with Gasteiger partial charge < -0.3 is 25.4 Å². The van der Waals surface area contributed by atoms with E-state index in [1.165, 1.54) is 4.90 Å². The first-order valence-electron chi connectivity index (χ1n) is 11.2. The number of carbonyl (C=O) groups is 3. The van der Waals surface area contributed by atoms with Crippen LogP contribution >= 0.6 is 0 Å². The number of aliphatic hydroxyl groups is 1. The first-order valence-corrected chi connectivity index (χ1v) is 11.2. The van der Waals surface area contributed by atoms with Gasteiger partial charge in [-0.1, -0.05) is 13.8 Å². The number of carbonyl (C=O) groups excluding carboxylic acids is 3. The highest BCUT2D eigenvalue weighted by molar-refractivity contribution is 5.99. The van der Waals surface area contributed by atoms with Crippen LogP contribution in [-0.4, -0.2) is 69.7 Å². The van der Waals surface area contributed by atoms with Crippen molar-refractivity contribution >= 4 is 17.7 Å². The van der Waals surface area contributed by atoms with E-state index >= 15 is 0 Å². The van der Waals surface area contributed by atoms with Crippen molar-refractivity contribution in [3.63, 3.8) is 0 Å². The summed E-state index contributed by atoms with van der Waals surface area (Å²) in [5.41, 5.74) is -2.30. The van der Waals surface area contributed by atoms with Crippen LogP contribution in [0, 0.1) is 11.8 Å². The highest BCUT2D eigenvalue weighted by Gasteiger charge is 2.78. The fraction of sp³-hybridized carbons (Fsp3) is 0.864. The minimum absolute atomic E-state index is 0.187. The largest absolute Gasteiger partial charge is 0.394 e. The molecule has 8 nitrogen and oxygen atoms in total. The summed E-state index contributed by atoms with van der Waals surface area (Å²) < 4.78 is 6.51. The van der Waals surface area contributed by atoms with E-state index in [2.05, 4.69) is 10.6 Å². The molecular formula is C22H37N3O5. The van der Waals surface area contributed by atoms with Gasteiger partial charge in [0.1, 0.15) is 11.6 Å². The summed E-state index contributed by atoms with van der Waals surface area (Å²) in [5.74, 6) is -2.09. The molecule has 8 heteroatoms. The molecule has 3 aliphatic heterocycles. The van der Waals surface area contributed by atoms with Crippen LogP contribution in [0.2, 0.25) is 0 Å². The zero-order valence-corrected chi connectivity index (χ0v) is 19.1. The first kappa shape index (κ1) is 23.0. The van der Waals surface area contributed by atoms with E-state index in [0.717, 1.165) is 6.42 Å². The molecule has 0 aromatic rings. The lowest BCUT2D eigenvalue weighted by Gasteiger charge is -2.38. The molecule has 6 atom stereocenters. The smallest absolute Gasteiger partial charge is 0.246 e. The lowest BCUT2D eigenvalue weighted by molar-refractivity contribution is -0.150. The standard InChI is InChI=1S/C22H37N3O5/c1-7-11-23-17(27)14-15-19(29)25(13(8-2)12-26)16(18(28)24-20(3,4)5)22(15)10-9-21(14,6)30-22/h13-16,26H,7-12H2,1-6H3,(H,23,27)(H,24,28)/t13-,14+,15-,16?,21-,22?/m0/s1. The molecule has 2 bridgehead atoms. The SMILES string of the molecule is CCCNC(=O)[C@H]1[C@H]2C(=O)N([C@@H](CC)CO)C(C(=O)NC(C)(C)C)C23CC[C@]1(C)O3. The number of fused-ring (bicyclic) bond motifs is 1. The minimum atomic E-state index is -1.04.